The summed E-state index contributed by atoms with van der Waals surface area (Å²) in [6.07, 6.45) is 10.0. The fourth-order valence-corrected chi connectivity index (χ4v) is 4.27. The molecule has 0 bridgehead atoms. The molecule has 2 saturated carbocycles. The summed E-state index contributed by atoms with van der Waals surface area (Å²) in [5.41, 5.74) is 2.18. The topological polar surface area (TPSA) is 36.9 Å². The van der Waals surface area contributed by atoms with Gasteiger partial charge in [0.1, 0.15) is 0 Å². The summed E-state index contributed by atoms with van der Waals surface area (Å²) >= 11 is 0. The average Bonchev–Trinajstić information content (AvgIpc) is 3.42. The minimum Gasteiger partial charge on any atom is -0.493 e. The van der Waals surface area contributed by atoms with Gasteiger partial charge in [0.15, 0.2) is 23.0 Å². The molecule has 150 valence electrons. The maximum absolute atomic E-state index is 6.26. The number of ether oxygens (including phenoxy) is 4. The van der Waals surface area contributed by atoms with E-state index in [1.165, 1.54) is 25.7 Å². The number of hydrogen-bond acceptors (Lipinski definition) is 4. The van der Waals surface area contributed by atoms with Gasteiger partial charge in [-0.15, -0.1) is 0 Å². The molecule has 28 heavy (non-hydrogen) atoms. The van der Waals surface area contributed by atoms with Gasteiger partial charge >= 0.3 is 0 Å². The Morgan fingerprint density at radius 1 is 0.571 bits per heavy atom. The van der Waals surface area contributed by atoms with Gasteiger partial charge in [0, 0.05) is 0 Å². The molecule has 0 aromatic heterocycles. The Bertz CT molecular complexity index is 722. The first kappa shape index (κ1) is 19.0. The SMILES string of the molecule is COc1ccc(-c2ccc(OC)c(OC3CCCC3)c2)cc1OC1CCCC1. The predicted octanol–water partition coefficient (Wildman–Crippen LogP) is 6.01. The monoisotopic (exact) mass is 382 g/mol. The molecule has 0 unspecified atom stereocenters. The van der Waals surface area contributed by atoms with Crippen LogP contribution in [0.4, 0.5) is 0 Å². The van der Waals surface area contributed by atoms with Crippen molar-refractivity contribution >= 4 is 0 Å². The number of hydrogen-bond donors (Lipinski definition) is 0. The van der Waals surface area contributed by atoms with Crippen LogP contribution >= 0.6 is 0 Å². The number of rotatable bonds is 7. The summed E-state index contributed by atoms with van der Waals surface area (Å²) < 4.78 is 23.6. The maximum Gasteiger partial charge on any atom is 0.162 e. The van der Waals surface area contributed by atoms with Gasteiger partial charge in [0.2, 0.25) is 0 Å². The van der Waals surface area contributed by atoms with E-state index in [0.717, 1.165) is 59.8 Å². The van der Waals surface area contributed by atoms with E-state index >= 15 is 0 Å². The lowest BCUT2D eigenvalue weighted by Crippen LogP contribution is -2.12. The summed E-state index contributed by atoms with van der Waals surface area (Å²) in [6.45, 7) is 0. The van der Waals surface area contributed by atoms with Crippen LogP contribution in [0.25, 0.3) is 11.1 Å². The van der Waals surface area contributed by atoms with Crippen LogP contribution in [0.2, 0.25) is 0 Å². The molecule has 0 spiro atoms. The molecule has 0 amide bonds. The van der Waals surface area contributed by atoms with Crippen molar-refractivity contribution in [3.8, 4) is 34.1 Å². The molecule has 2 aliphatic carbocycles. The number of benzene rings is 2. The Morgan fingerprint density at radius 2 is 0.964 bits per heavy atom. The van der Waals surface area contributed by atoms with E-state index in [1.54, 1.807) is 14.2 Å². The first-order valence-electron chi connectivity index (χ1n) is 10.5. The Balaban J connectivity index is 1.61. The smallest absolute Gasteiger partial charge is 0.162 e. The van der Waals surface area contributed by atoms with Crippen LogP contribution in [0.3, 0.4) is 0 Å². The highest BCUT2D eigenvalue weighted by atomic mass is 16.5. The van der Waals surface area contributed by atoms with Gasteiger partial charge < -0.3 is 18.9 Å². The minimum atomic E-state index is 0.293. The van der Waals surface area contributed by atoms with E-state index in [9.17, 15) is 0 Å². The minimum absolute atomic E-state index is 0.293. The Morgan fingerprint density at radius 3 is 1.32 bits per heavy atom. The van der Waals surface area contributed by atoms with Gasteiger partial charge in [0.05, 0.1) is 26.4 Å². The summed E-state index contributed by atoms with van der Waals surface area (Å²) in [4.78, 5) is 0. The lowest BCUT2D eigenvalue weighted by Gasteiger charge is -2.18. The molecular formula is C24H30O4. The van der Waals surface area contributed by atoms with Crippen molar-refractivity contribution in [2.24, 2.45) is 0 Å². The van der Waals surface area contributed by atoms with Gasteiger partial charge in [-0.05, 0) is 86.8 Å². The zero-order chi connectivity index (χ0) is 19.3. The predicted molar refractivity (Wildman–Crippen MR) is 111 cm³/mol. The van der Waals surface area contributed by atoms with Crippen LogP contribution in [0.5, 0.6) is 23.0 Å². The zero-order valence-electron chi connectivity index (χ0n) is 16.9. The third-order valence-corrected chi connectivity index (χ3v) is 5.85. The molecule has 0 heterocycles. The van der Waals surface area contributed by atoms with Gasteiger partial charge in [0.25, 0.3) is 0 Å². The summed E-state index contributed by atoms with van der Waals surface area (Å²) in [7, 11) is 3.38. The van der Waals surface area contributed by atoms with Gasteiger partial charge in [-0.3, -0.25) is 0 Å². The first-order valence-corrected chi connectivity index (χ1v) is 10.5. The second-order valence-corrected chi connectivity index (χ2v) is 7.78. The molecule has 0 aliphatic heterocycles. The van der Waals surface area contributed by atoms with E-state index in [0.29, 0.717) is 12.2 Å². The van der Waals surface area contributed by atoms with Crippen LogP contribution in [-0.4, -0.2) is 26.4 Å². The van der Waals surface area contributed by atoms with E-state index in [2.05, 4.69) is 24.3 Å². The Hall–Kier alpha value is -2.36. The lowest BCUT2D eigenvalue weighted by atomic mass is 10.0. The highest BCUT2D eigenvalue weighted by molar-refractivity contribution is 5.70. The van der Waals surface area contributed by atoms with Crippen LogP contribution in [-0.2, 0) is 0 Å². The third kappa shape index (κ3) is 4.21. The van der Waals surface area contributed by atoms with Gasteiger partial charge in [-0.25, -0.2) is 0 Å². The largest absolute Gasteiger partial charge is 0.493 e. The van der Waals surface area contributed by atoms with Gasteiger partial charge in [-0.2, -0.15) is 0 Å². The molecule has 0 saturated heterocycles. The molecule has 2 aliphatic rings. The fraction of sp³-hybridized carbons (Fsp3) is 0.500. The van der Waals surface area contributed by atoms with Gasteiger partial charge in [-0.1, -0.05) is 12.1 Å². The van der Waals surface area contributed by atoms with Crippen LogP contribution in [0.15, 0.2) is 36.4 Å². The van der Waals surface area contributed by atoms with Crippen molar-refractivity contribution in [3.63, 3.8) is 0 Å². The molecule has 0 N–H and O–H groups in total. The molecule has 0 atom stereocenters. The molecule has 0 radical (unpaired) electrons. The van der Waals surface area contributed by atoms with Crippen molar-refractivity contribution in [3.05, 3.63) is 36.4 Å². The van der Waals surface area contributed by atoms with E-state index in [4.69, 9.17) is 18.9 Å². The third-order valence-electron chi connectivity index (χ3n) is 5.85. The normalized spacial score (nSPS) is 17.6. The van der Waals surface area contributed by atoms with Crippen molar-refractivity contribution in [1.82, 2.24) is 0 Å². The van der Waals surface area contributed by atoms with E-state index in [-0.39, 0.29) is 0 Å². The molecule has 2 aromatic carbocycles. The Labute approximate surface area is 167 Å². The van der Waals surface area contributed by atoms with E-state index < -0.39 is 0 Å². The van der Waals surface area contributed by atoms with Crippen molar-refractivity contribution in [1.29, 1.82) is 0 Å². The molecule has 2 fully saturated rings. The standard InChI is InChI=1S/C24H30O4/c1-25-21-13-11-17(15-23(21)27-19-7-3-4-8-19)18-12-14-22(26-2)24(16-18)28-20-9-5-6-10-20/h11-16,19-20H,3-10H2,1-2H3. The highest BCUT2D eigenvalue weighted by Gasteiger charge is 2.21. The molecule has 4 rings (SSSR count). The van der Waals surface area contributed by atoms with E-state index in [1.807, 2.05) is 12.1 Å². The lowest BCUT2D eigenvalue weighted by molar-refractivity contribution is 0.200. The Kier molecular flexibility index (Phi) is 5.94. The molecule has 4 nitrogen and oxygen atoms in total. The zero-order valence-corrected chi connectivity index (χ0v) is 16.9. The average molecular weight is 383 g/mol. The van der Waals surface area contributed by atoms with Crippen LogP contribution in [0.1, 0.15) is 51.4 Å². The number of methoxy groups -OCH3 is 2. The van der Waals surface area contributed by atoms with Crippen LogP contribution in [0, 0.1) is 0 Å². The van der Waals surface area contributed by atoms with Crippen molar-refractivity contribution in [2.45, 2.75) is 63.6 Å². The van der Waals surface area contributed by atoms with Crippen molar-refractivity contribution < 1.29 is 18.9 Å². The molecule has 2 aromatic rings. The maximum atomic E-state index is 6.26. The second kappa shape index (κ2) is 8.76. The van der Waals surface area contributed by atoms with Crippen molar-refractivity contribution in [2.75, 3.05) is 14.2 Å². The first-order chi connectivity index (χ1) is 13.8. The quantitative estimate of drug-likeness (QED) is 0.587. The highest BCUT2D eigenvalue weighted by Crippen LogP contribution is 2.39. The fourth-order valence-electron chi connectivity index (χ4n) is 4.27. The summed E-state index contributed by atoms with van der Waals surface area (Å²) in [5.74, 6) is 3.21. The second-order valence-electron chi connectivity index (χ2n) is 7.78. The molecular weight excluding hydrogens is 352 g/mol. The molecule has 4 heteroatoms. The summed E-state index contributed by atoms with van der Waals surface area (Å²) in [6, 6.07) is 12.3. The summed E-state index contributed by atoms with van der Waals surface area (Å²) in [5, 5.41) is 0. The van der Waals surface area contributed by atoms with Crippen LogP contribution < -0.4 is 18.9 Å².